The molecule has 2 amide bonds. The minimum Gasteiger partial charge on any atom is -0.481 e. The lowest BCUT2D eigenvalue weighted by Gasteiger charge is -2.35. The van der Waals surface area contributed by atoms with Gasteiger partial charge in [-0.25, -0.2) is 4.79 Å². The molecule has 4 rings (SSSR count). The minimum absolute atomic E-state index is 0.0129. The molecule has 3 atom stereocenters. The van der Waals surface area contributed by atoms with Crippen LogP contribution < -0.4 is 5.32 Å². The van der Waals surface area contributed by atoms with Crippen molar-refractivity contribution < 1.29 is 24.2 Å². The summed E-state index contributed by atoms with van der Waals surface area (Å²) in [6.07, 6.45) is 0.999. The summed E-state index contributed by atoms with van der Waals surface area (Å²) in [6, 6.07) is 15.3. The van der Waals surface area contributed by atoms with E-state index in [1.165, 1.54) is 0 Å². The summed E-state index contributed by atoms with van der Waals surface area (Å²) in [5.74, 6) is -0.549. The topological polar surface area (TPSA) is 95.9 Å². The van der Waals surface area contributed by atoms with Crippen molar-refractivity contribution in [2.75, 3.05) is 19.4 Å². The average molecular weight is 497 g/mol. The standard InChI is InChI=1S/C27H32N2O5S/c1-17-11-12-18(16-35-17)29(2)26(32)24(13-14-25(30)31)28-27(33)34-15-23-21-9-5-3-7-19(21)20-8-4-6-10-22(20)23/h3-10,17-18,23-24H,11-16H2,1-2H3,(H,28,33)(H,30,31). The van der Waals surface area contributed by atoms with Gasteiger partial charge in [0.25, 0.3) is 0 Å². The molecule has 1 aliphatic carbocycles. The van der Waals surface area contributed by atoms with E-state index >= 15 is 0 Å². The van der Waals surface area contributed by atoms with Crippen LogP contribution in [0, 0.1) is 0 Å². The van der Waals surface area contributed by atoms with E-state index in [-0.39, 0.29) is 37.3 Å². The molecule has 0 radical (unpaired) electrons. The highest BCUT2D eigenvalue weighted by Gasteiger charge is 2.32. The largest absolute Gasteiger partial charge is 0.481 e. The fraction of sp³-hybridized carbons (Fsp3) is 0.444. The molecule has 0 saturated carbocycles. The number of likely N-dealkylation sites (N-methyl/N-ethyl adjacent to an activating group) is 1. The quantitative estimate of drug-likeness (QED) is 0.559. The number of benzene rings is 2. The van der Waals surface area contributed by atoms with Crippen LogP contribution in [0.4, 0.5) is 4.79 Å². The van der Waals surface area contributed by atoms with Gasteiger partial charge >= 0.3 is 12.1 Å². The lowest BCUT2D eigenvalue weighted by molar-refractivity contribution is -0.138. The van der Waals surface area contributed by atoms with Crippen LogP contribution in [-0.4, -0.2) is 64.7 Å². The maximum Gasteiger partial charge on any atom is 0.407 e. The Bertz CT molecular complexity index is 1040. The number of ether oxygens (including phenoxy) is 1. The van der Waals surface area contributed by atoms with Crippen molar-refractivity contribution in [3.63, 3.8) is 0 Å². The number of carboxylic acid groups (broad SMARTS) is 1. The maximum atomic E-state index is 13.2. The van der Waals surface area contributed by atoms with Crippen LogP contribution >= 0.6 is 11.8 Å². The number of amides is 2. The van der Waals surface area contributed by atoms with Crippen LogP contribution in [0.1, 0.15) is 49.7 Å². The Morgan fingerprint density at radius 2 is 1.71 bits per heavy atom. The van der Waals surface area contributed by atoms with E-state index in [0.29, 0.717) is 5.25 Å². The number of carbonyl (C=O) groups excluding carboxylic acids is 2. The number of aliphatic carboxylic acids is 1. The molecule has 0 bridgehead atoms. The molecule has 35 heavy (non-hydrogen) atoms. The molecule has 1 heterocycles. The molecular formula is C27H32N2O5S. The molecule has 1 fully saturated rings. The second-order valence-corrected chi connectivity index (χ2v) is 10.8. The number of carbonyl (C=O) groups is 3. The van der Waals surface area contributed by atoms with Crippen molar-refractivity contribution in [1.82, 2.24) is 10.2 Å². The average Bonchev–Trinajstić information content (AvgIpc) is 3.18. The first kappa shape index (κ1) is 25.1. The number of carboxylic acids is 1. The highest BCUT2D eigenvalue weighted by molar-refractivity contribution is 7.99. The van der Waals surface area contributed by atoms with E-state index in [1.807, 2.05) is 48.2 Å². The van der Waals surface area contributed by atoms with E-state index in [4.69, 9.17) is 9.84 Å². The fourth-order valence-electron chi connectivity index (χ4n) is 4.91. The van der Waals surface area contributed by atoms with Gasteiger partial charge in [-0.05, 0) is 41.5 Å². The van der Waals surface area contributed by atoms with Gasteiger partial charge in [0.1, 0.15) is 12.6 Å². The number of alkyl carbamates (subject to hydrolysis) is 1. The molecule has 0 aromatic heterocycles. The van der Waals surface area contributed by atoms with Gasteiger partial charge in [0.05, 0.1) is 0 Å². The second-order valence-electron chi connectivity index (χ2n) is 9.28. The third kappa shape index (κ3) is 5.81. The van der Waals surface area contributed by atoms with Crippen molar-refractivity contribution in [2.45, 2.75) is 55.9 Å². The summed E-state index contributed by atoms with van der Waals surface area (Å²) >= 11 is 1.83. The highest BCUT2D eigenvalue weighted by atomic mass is 32.2. The van der Waals surface area contributed by atoms with Gasteiger partial charge in [-0.1, -0.05) is 55.5 Å². The van der Waals surface area contributed by atoms with Gasteiger partial charge < -0.3 is 20.1 Å². The van der Waals surface area contributed by atoms with E-state index in [2.05, 4.69) is 24.4 Å². The van der Waals surface area contributed by atoms with Gasteiger partial charge in [-0.15, -0.1) is 0 Å². The van der Waals surface area contributed by atoms with Gasteiger partial charge in [0.2, 0.25) is 5.91 Å². The molecule has 2 aromatic carbocycles. The number of thioether (sulfide) groups is 1. The zero-order valence-corrected chi connectivity index (χ0v) is 20.9. The van der Waals surface area contributed by atoms with Crippen LogP contribution in [-0.2, 0) is 14.3 Å². The predicted molar refractivity (Wildman–Crippen MR) is 137 cm³/mol. The van der Waals surface area contributed by atoms with Gasteiger partial charge in [-0.2, -0.15) is 11.8 Å². The molecule has 186 valence electrons. The normalized spacial score (nSPS) is 19.8. The van der Waals surface area contributed by atoms with Crippen molar-refractivity contribution in [2.24, 2.45) is 0 Å². The minimum atomic E-state index is -1.01. The predicted octanol–water partition coefficient (Wildman–Crippen LogP) is 4.50. The van der Waals surface area contributed by atoms with Crippen LogP contribution in [0.25, 0.3) is 11.1 Å². The molecule has 2 aliphatic rings. The van der Waals surface area contributed by atoms with Crippen LogP contribution in [0.3, 0.4) is 0 Å². The number of nitrogens with zero attached hydrogens (tertiary/aromatic N) is 1. The Morgan fingerprint density at radius 1 is 1.09 bits per heavy atom. The van der Waals surface area contributed by atoms with E-state index in [9.17, 15) is 14.4 Å². The fourth-order valence-corrected chi connectivity index (χ4v) is 6.15. The zero-order valence-electron chi connectivity index (χ0n) is 20.1. The Balaban J connectivity index is 1.41. The summed E-state index contributed by atoms with van der Waals surface area (Å²) in [5.41, 5.74) is 4.47. The second kappa shape index (κ2) is 11.2. The van der Waals surface area contributed by atoms with Crippen LogP contribution in [0.15, 0.2) is 48.5 Å². The first-order chi connectivity index (χ1) is 16.8. The molecule has 2 aromatic rings. The summed E-state index contributed by atoms with van der Waals surface area (Å²) in [6.45, 7) is 2.31. The highest BCUT2D eigenvalue weighted by Crippen LogP contribution is 2.44. The number of nitrogens with one attached hydrogen (secondary N) is 1. The molecule has 1 saturated heterocycles. The first-order valence-electron chi connectivity index (χ1n) is 12.1. The summed E-state index contributed by atoms with van der Waals surface area (Å²) in [4.78, 5) is 38.8. The number of rotatable bonds is 8. The third-order valence-corrected chi connectivity index (χ3v) is 8.34. The number of hydrogen-bond acceptors (Lipinski definition) is 5. The lowest BCUT2D eigenvalue weighted by Crippen LogP contribution is -2.52. The van der Waals surface area contributed by atoms with Crippen molar-refractivity contribution >= 4 is 29.7 Å². The third-order valence-electron chi connectivity index (χ3n) is 6.96. The van der Waals surface area contributed by atoms with E-state index < -0.39 is 18.1 Å². The lowest BCUT2D eigenvalue weighted by atomic mass is 9.98. The van der Waals surface area contributed by atoms with Crippen molar-refractivity contribution in [1.29, 1.82) is 0 Å². The number of hydrogen-bond donors (Lipinski definition) is 2. The molecule has 2 N–H and O–H groups in total. The molecule has 8 heteroatoms. The van der Waals surface area contributed by atoms with Gasteiger partial charge in [0.15, 0.2) is 0 Å². The summed E-state index contributed by atoms with van der Waals surface area (Å²) in [5, 5.41) is 12.4. The summed E-state index contributed by atoms with van der Waals surface area (Å²) < 4.78 is 5.59. The molecular weight excluding hydrogens is 464 g/mol. The zero-order chi connectivity index (χ0) is 24.9. The van der Waals surface area contributed by atoms with Gasteiger partial charge in [-0.3, -0.25) is 9.59 Å². The number of fused-ring (bicyclic) bond motifs is 3. The smallest absolute Gasteiger partial charge is 0.407 e. The maximum absolute atomic E-state index is 13.2. The van der Waals surface area contributed by atoms with Crippen LogP contribution in [0.5, 0.6) is 0 Å². The SMILES string of the molecule is CC1CCC(N(C)C(=O)C(CCC(=O)O)NC(=O)OCC2c3ccccc3-c3ccccc32)CS1. The van der Waals surface area contributed by atoms with Crippen molar-refractivity contribution in [3.05, 3.63) is 59.7 Å². The van der Waals surface area contributed by atoms with Crippen molar-refractivity contribution in [3.8, 4) is 11.1 Å². The van der Waals surface area contributed by atoms with E-state index in [0.717, 1.165) is 40.8 Å². The monoisotopic (exact) mass is 496 g/mol. The van der Waals surface area contributed by atoms with Gasteiger partial charge in [0, 0.05) is 36.4 Å². The summed E-state index contributed by atoms with van der Waals surface area (Å²) in [7, 11) is 1.73. The Hall–Kier alpha value is -3.00. The first-order valence-corrected chi connectivity index (χ1v) is 13.1. The Morgan fingerprint density at radius 3 is 2.29 bits per heavy atom. The molecule has 0 spiro atoms. The molecule has 1 aliphatic heterocycles. The van der Waals surface area contributed by atoms with E-state index in [1.54, 1.807) is 11.9 Å². The Kier molecular flexibility index (Phi) is 8.00. The molecule has 7 nitrogen and oxygen atoms in total. The Labute approximate surface area is 210 Å². The molecule has 3 unspecified atom stereocenters. The van der Waals surface area contributed by atoms with Crippen LogP contribution in [0.2, 0.25) is 0 Å².